The van der Waals surface area contributed by atoms with Crippen LogP contribution in [-0.4, -0.2) is 49.1 Å². The van der Waals surface area contributed by atoms with Crippen molar-refractivity contribution in [2.24, 2.45) is 0 Å². The van der Waals surface area contributed by atoms with E-state index in [4.69, 9.17) is 33.7 Å². The molecule has 1 aromatic heterocycles. The van der Waals surface area contributed by atoms with Crippen LogP contribution in [0.5, 0.6) is 0 Å². The monoisotopic (exact) mass is 345 g/mol. The summed E-state index contributed by atoms with van der Waals surface area (Å²) in [4.78, 5) is 13.3. The molecule has 4 atom stereocenters. The van der Waals surface area contributed by atoms with E-state index in [2.05, 4.69) is 4.98 Å². The maximum atomic E-state index is 14.2. The molecule has 2 rings (SSSR count). The zero-order chi connectivity index (χ0) is 15.9. The number of aromatic nitrogens is 2. The molecule has 0 saturated carbocycles. The van der Waals surface area contributed by atoms with Crippen LogP contribution in [-0.2, 0) is 4.74 Å². The van der Waals surface area contributed by atoms with Crippen molar-refractivity contribution in [3.63, 3.8) is 0 Å². The normalized spacial score (nSPS) is 32.8. The van der Waals surface area contributed by atoms with Crippen molar-refractivity contribution in [3.05, 3.63) is 22.5 Å². The Labute approximate surface area is 126 Å². The molecule has 118 valence electrons. The van der Waals surface area contributed by atoms with Crippen LogP contribution in [0.3, 0.4) is 0 Å². The molecule has 0 aromatic carbocycles. The van der Waals surface area contributed by atoms with E-state index in [-0.39, 0.29) is 0 Å². The van der Waals surface area contributed by atoms with Crippen LogP contribution in [0.25, 0.3) is 0 Å². The standard InChI is InChI=1S/C10H11Cl2F2N3O4/c11-8(12)10(2-18)5(19)4(14)7(21-10)17-1-3(13)6(15)16-9(17)20/h1,4-5,7-8,18-19H,2H2,(H2,15,16,20)/t4-,5-,7+,10+/m0/s1. The van der Waals surface area contributed by atoms with Gasteiger partial charge in [-0.15, -0.1) is 23.2 Å². The first-order chi connectivity index (χ1) is 9.74. The third kappa shape index (κ3) is 2.49. The average molecular weight is 346 g/mol. The number of nitrogen functional groups attached to an aromatic ring is 1. The lowest BCUT2D eigenvalue weighted by Crippen LogP contribution is -2.50. The van der Waals surface area contributed by atoms with E-state index in [1.165, 1.54) is 0 Å². The predicted molar refractivity (Wildman–Crippen MR) is 69.2 cm³/mol. The van der Waals surface area contributed by atoms with Crippen molar-refractivity contribution in [1.82, 2.24) is 9.55 Å². The van der Waals surface area contributed by atoms with Crippen LogP contribution in [0, 0.1) is 5.82 Å². The fourth-order valence-corrected chi connectivity index (χ4v) is 2.51. The second-order valence-corrected chi connectivity index (χ2v) is 5.57. The van der Waals surface area contributed by atoms with Gasteiger partial charge in [-0.2, -0.15) is 4.98 Å². The Balaban J connectivity index is 2.47. The smallest absolute Gasteiger partial charge is 0.351 e. The molecule has 11 heteroatoms. The summed E-state index contributed by atoms with van der Waals surface area (Å²) in [6.45, 7) is -0.914. The lowest BCUT2D eigenvalue weighted by molar-refractivity contribution is -0.120. The van der Waals surface area contributed by atoms with Gasteiger partial charge in [-0.25, -0.2) is 13.6 Å². The molecule has 1 fully saturated rings. The minimum absolute atomic E-state index is 0.465. The zero-order valence-electron chi connectivity index (χ0n) is 10.3. The van der Waals surface area contributed by atoms with Crippen molar-refractivity contribution in [2.75, 3.05) is 12.3 Å². The number of aliphatic hydroxyl groups excluding tert-OH is 2. The summed E-state index contributed by atoms with van der Waals surface area (Å²) >= 11 is 11.2. The Hall–Kier alpha value is -1.00. The third-order valence-corrected chi connectivity index (χ3v) is 3.98. The van der Waals surface area contributed by atoms with Gasteiger partial charge in [0.15, 0.2) is 29.6 Å². The highest BCUT2D eigenvalue weighted by molar-refractivity contribution is 6.45. The summed E-state index contributed by atoms with van der Waals surface area (Å²) in [5, 5.41) is 19.1. The lowest BCUT2D eigenvalue weighted by Gasteiger charge is -2.30. The molecule has 4 N–H and O–H groups in total. The van der Waals surface area contributed by atoms with Crippen LogP contribution < -0.4 is 11.4 Å². The Bertz CT molecular complexity index is 602. The maximum absolute atomic E-state index is 14.2. The van der Waals surface area contributed by atoms with Gasteiger partial charge in [0.25, 0.3) is 0 Å². The van der Waals surface area contributed by atoms with Crippen molar-refractivity contribution in [3.8, 4) is 0 Å². The minimum atomic E-state index is -2.19. The molecule has 21 heavy (non-hydrogen) atoms. The molecule has 0 radical (unpaired) electrons. The lowest BCUT2D eigenvalue weighted by atomic mass is 9.99. The van der Waals surface area contributed by atoms with E-state index in [1.54, 1.807) is 0 Å². The molecule has 0 amide bonds. The van der Waals surface area contributed by atoms with Crippen LogP contribution in [0.2, 0.25) is 0 Å². The molecular formula is C10H11Cl2F2N3O4. The molecule has 1 aliphatic rings. The van der Waals surface area contributed by atoms with Gasteiger partial charge in [-0.3, -0.25) is 4.57 Å². The second-order valence-electron chi connectivity index (χ2n) is 4.48. The number of ether oxygens (including phenoxy) is 1. The third-order valence-electron chi connectivity index (χ3n) is 3.24. The van der Waals surface area contributed by atoms with E-state index in [0.717, 1.165) is 0 Å². The summed E-state index contributed by atoms with van der Waals surface area (Å²) in [7, 11) is 0. The summed E-state index contributed by atoms with van der Waals surface area (Å²) in [6, 6.07) is 0. The highest BCUT2D eigenvalue weighted by Gasteiger charge is 2.59. The summed E-state index contributed by atoms with van der Waals surface area (Å²) < 4.78 is 33.1. The molecular weight excluding hydrogens is 335 g/mol. The number of hydrogen-bond donors (Lipinski definition) is 3. The van der Waals surface area contributed by atoms with E-state index in [0.29, 0.717) is 10.8 Å². The summed E-state index contributed by atoms with van der Waals surface area (Å²) in [5.74, 6) is -1.74. The molecule has 0 bridgehead atoms. The molecule has 1 aromatic rings. The first kappa shape index (κ1) is 16.4. The minimum Gasteiger partial charge on any atom is -0.393 e. The zero-order valence-corrected chi connectivity index (χ0v) is 11.8. The van der Waals surface area contributed by atoms with E-state index < -0.39 is 52.9 Å². The van der Waals surface area contributed by atoms with Gasteiger partial charge < -0.3 is 20.7 Å². The van der Waals surface area contributed by atoms with Gasteiger partial charge in [-0.1, -0.05) is 0 Å². The second kappa shape index (κ2) is 5.65. The van der Waals surface area contributed by atoms with Gasteiger partial charge in [0.05, 0.1) is 12.8 Å². The number of halogens is 4. The maximum Gasteiger partial charge on any atom is 0.351 e. The Morgan fingerprint density at radius 1 is 1.62 bits per heavy atom. The van der Waals surface area contributed by atoms with E-state index in [9.17, 15) is 23.8 Å². The number of alkyl halides is 3. The predicted octanol–water partition coefficient (Wildman–Crippen LogP) is -0.273. The molecule has 0 unspecified atom stereocenters. The first-order valence-corrected chi connectivity index (χ1v) is 6.55. The SMILES string of the molecule is Nc1nc(=O)n([C@@H]2O[C@@](CO)(C(Cl)Cl)[C@@H](O)[C@@H]2F)cc1F. The Morgan fingerprint density at radius 3 is 2.71 bits per heavy atom. The van der Waals surface area contributed by atoms with Crippen LogP contribution in [0.1, 0.15) is 6.23 Å². The fourth-order valence-electron chi connectivity index (χ4n) is 2.02. The first-order valence-electron chi connectivity index (χ1n) is 5.67. The number of nitrogens with two attached hydrogens (primary N) is 1. The molecule has 1 saturated heterocycles. The van der Waals surface area contributed by atoms with Crippen LogP contribution in [0.15, 0.2) is 11.0 Å². The number of nitrogens with zero attached hydrogens (tertiary/aromatic N) is 2. The average Bonchev–Trinajstić information content (AvgIpc) is 2.68. The highest BCUT2D eigenvalue weighted by Crippen LogP contribution is 2.43. The Kier molecular flexibility index (Phi) is 4.41. The van der Waals surface area contributed by atoms with Crippen molar-refractivity contribution in [2.45, 2.75) is 28.9 Å². The van der Waals surface area contributed by atoms with Gasteiger partial charge in [0.1, 0.15) is 10.9 Å². The summed E-state index contributed by atoms with van der Waals surface area (Å²) in [5.41, 5.74) is 1.97. The largest absolute Gasteiger partial charge is 0.393 e. The fraction of sp³-hybridized carbons (Fsp3) is 0.600. The number of rotatable bonds is 3. The van der Waals surface area contributed by atoms with E-state index >= 15 is 0 Å². The molecule has 2 heterocycles. The number of anilines is 1. The molecule has 7 nitrogen and oxygen atoms in total. The van der Waals surface area contributed by atoms with E-state index in [1.807, 2.05) is 0 Å². The van der Waals surface area contributed by atoms with Crippen LogP contribution >= 0.6 is 23.2 Å². The summed E-state index contributed by atoms with van der Waals surface area (Å²) in [6.07, 6.45) is -5.30. The molecule has 0 spiro atoms. The quantitative estimate of drug-likeness (QED) is 0.650. The van der Waals surface area contributed by atoms with Gasteiger partial charge >= 0.3 is 5.69 Å². The number of aliphatic hydroxyl groups is 2. The van der Waals surface area contributed by atoms with Gasteiger partial charge in [0.2, 0.25) is 0 Å². The topological polar surface area (TPSA) is 111 Å². The molecule has 1 aliphatic heterocycles. The van der Waals surface area contributed by atoms with Gasteiger partial charge in [0, 0.05) is 0 Å². The van der Waals surface area contributed by atoms with Crippen molar-refractivity contribution < 1.29 is 23.7 Å². The van der Waals surface area contributed by atoms with Crippen molar-refractivity contribution >= 4 is 29.0 Å². The Morgan fingerprint density at radius 2 is 2.24 bits per heavy atom. The molecule has 0 aliphatic carbocycles. The van der Waals surface area contributed by atoms with Crippen molar-refractivity contribution in [1.29, 1.82) is 0 Å². The van der Waals surface area contributed by atoms with Crippen LogP contribution in [0.4, 0.5) is 14.6 Å². The van der Waals surface area contributed by atoms with Gasteiger partial charge in [-0.05, 0) is 0 Å². The highest BCUT2D eigenvalue weighted by atomic mass is 35.5. The number of hydrogen-bond acceptors (Lipinski definition) is 6.